The fourth-order valence-corrected chi connectivity index (χ4v) is 3.26. The summed E-state index contributed by atoms with van der Waals surface area (Å²) in [7, 11) is 1.49. The highest BCUT2D eigenvalue weighted by molar-refractivity contribution is 6.04. The zero-order valence-corrected chi connectivity index (χ0v) is 17.7. The molecule has 0 aliphatic carbocycles. The van der Waals surface area contributed by atoms with Crippen molar-refractivity contribution in [3.8, 4) is 23.1 Å². The molecule has 1 heterocycles. The molecule has 6 nitrogen and oxygen atoms in total. The molecular weight excluding hydrogens is 433 g/mol. The SMILES string of the molecule is COc1nc(-c2ccccc2C)n(-c2ccc(NC(=O)c3ccc(C(F)(F)F)cc3)cc2)n1. The number of nitrogens with zero attached hydrogens (tertiary/aromatic N) is 3. The van der Waals surface area contributed by atoms with Crippen LogP contribution in [0.5, 0.6) is 6.01 Å². The molecule has 33 heavy (non-hydrogen) atoms. The molecule has 0 unspecified atom stereocenters. The lowest BCUT2D eigenvalue weighted by Gasteiger charge is -2.10. The van der Waals surface area contributed by atoms with Gasteiger partial charge in [-0.25, -0.2) is 4.68 Å². The second-order valence-corrected chi connectivity index (χ2v) is 7.22. The van der Waals surface area contributed by atoms with Crippen LogP contribution in [0.1, 0.15) is 21.5 Å². The molecule has 1 amide bonds. The highest BCUT2D eigenvalue weighted by atomic mass is 19.4. The van der Waals surface area contributed by atoms with Crippen LogP contribution < -0.4 is 10.1 Å². The molecule has 0 spiro atoms. The van der Waals surface area contributed by atoms with Crippen molar-refractivity contribution < 1.29 is 22.7 Å². The number of nitrogens with one attached hydrogen (secondary N) is 1. The smallest absolute Gasteiger partial charge is 0.416 e. The number of halogens is 3. The van der Waals surface area contributed by atoms with Crippen molar-refractivity contribution in [1.29, 1.82) is 0 Å². The largest absolute Gasteiger partial charge is 0.466 e. The van der Waals surface area contributed by atoms with Crippen LogP contribution in [0.4, 0.5) is 18.9 Å². The number of benzene rings is 3. The zero-order valence-electron chi connectivity index (χ0n) is 17.7. The molecule has 9 heteroatoms. The number of rotatable bonds is 5. The molecule has 168 valence electrons. The van der Waals surface area contributed by atoms with Gasteiger partial charge in [-0.1, -0.05) is 24.3 Å². The normalized spacial score (nSPS) is 11.3. The fourth-order valence-electron chi connectivity index (χ4n) is 3.26. The van der Waals surface area contributed by atoms with Gasteiger partial charge >= 0.3 is 12.2 Å². The zero-order chi connectivity index (χ0) is 23.6. The number of aromatic nitrogens is 3. The standard InChI is InChI=1S/C24H19F3N4O2/c1-15-5-3-4-6-20(15)21-29-23(33-2)30-31(21)19-13-11-18(12-14-19)28-22(32)16-7-9-17(10-8-16)24(25,26)27/h3-14H,1-2H3,(H,28,32). The highest BCUT2D eigenvalue weighted by Gasteiger charge is 2.30. The van der Waals surface area contributed by atoms with Crippen LogP contribution >= 0.6 is 0 Å². The topological polar surface area (TPSA) is 69.0 Å². The summed E-state index contributed by atoms with van der Waals surface area (Å²) in [6.45, 7) is 1.97. The van der Waals surface area contributed by atoms with Crippen molar-refractivity contribution in [2.45, 2.75) is 13.1 Å². The number of hydrogen-bond acceptors (Lipinski definition) is 4. The molecule has 0 bridgehead atoms. The van der Waals surface area contributed by atoms with Gasteiger partial charge in [-0.2, -0.15) is 18.2 Å². The number of alkyl halides is 3. The van der Waals surface area contributed by atoms with Crippen LogP contribution in [0.15, 0.2) is 72.8 Å². The first-order chi connectivity index (χ1) is 15.8. The average molecular weight is 452 g/mol. The van der Waals surface area contributed by atoms with E-state index in [1.807, 2.05) is 31.2 Å². The summed E-state index contributed by atoms with van der Waals surface area (Å²) in [5.74, 6) is 0.0889. The molecule has 0 aliphatic heterocycles. The summed E-state index contributed by atoms with van der Waals surface area (Å²) in [6, 6.07) is 18.9. The van der Waals surface area contributed by atoms with Crippen molar-refractivity contribution in [1.82, 2.24) is 14.8 Å². The summed E-state index contributed by atoms with van der Waals surface area (Å²) in [6.07, 6.45) is -4.45. The van der Waals surface area contributed by atoms with Gasteiger partial charge in [0.05, 0.1) is 18.4 Å². The number of carbonyl (C=O) groups excluding carboxylic acids is 1. The molecule has 0 fully saturated rings. The minimum atomic E-state index is -4.45. The van der Waals surface area contributed by atoms with Gasteiger partial charge in [0, 0.05) is 16.8 Å². The molecule has 0 saturated heterocycles. The van der Waals surface area contributed by atoms with Crippen LogP contribution in [0.25, 0.3) is 17.1 Å². The Kier molecular flexibility index (Phi) is 5.87. The molecule has 1 aromatic heterocycles. The van der Waals surface area contributed by atoms with Gasteiger partial charge in [0.25, 0.3) is 5.91 Å². The van der Waals surface area contributed by atoms with E-state index < -0.39 is 17.6 Å². The quantitative estimate of drug-likeness (QED) is 0.433. The Labute approximate surface area is 187 Å². The van der Waals surface area contributed by atoms with Gasteiger partial charge in [-0.15, -0.1) is 5.10 Å². The monoisotopic (exact) mass is 452 g/mol. The number of carbonyl (C=O) groups is 1. The van der Waals surface area contributed by atoms with E-state index in [1.54, 1.807) is 28.9 Å². The van der Waals surface area contributed by atoms with E-state index in [1.165, 1.54) is 7.11 Å². The first-order valence-electron chi connectivity index (χ1n) is 9.92. The number of ether oxygens (including phenoxy) is 1. The molecule has 0 atom stereocenters. The molecule has 0 aliphatic rings. The van der Waals surface area contributed by atoms with Crippen LogP contribution in [0.2, 0.25) is 0 Å². The first-order valence-corrected chi connectivity index (χ1v) is 9.92. The van der Waals surface area contributed by atoms with Gasteiger partial charge in [-0.3, -0.25) is 4.79 Å². The summed E-state index contributed by atoms with van der Waals surface area (Å²) in [4.78, 5) is 16.9. The Morgan fingerprint density at radius 1 is 0.970 bits per heavy atom. The third-order valence-corrected chi connectivity index (χ3v) is 5.00. The highest BCUT2D eigenvalue weighted by Crippen LogP contribution is 2.29. The number of amides is 1. The molecule has 4 rings (SSSR count). The van der Waals surface area contributed by atoms with Crippen LogP contribution in [-0.2, 0) is 6.18 Å². The second kappa shape index (κ2) is 8.78. The number of hydrogen-bond donors (Lipinski definition) is 1. The van der Waals surface area contributed by atoms with E-state index in [9.17, 15) is 18.0 Å². The Morgan fingerprint density at radius 3 is 2.24 bits per heavy atom. The Balaban J connectivity index is 1.56. The van der Waals surface area contributed by atoms with Crippen molar-refractivity contribution >= 4 is 11.6 Å². The first kappa shape index (κ1) is 22.1. The Morgan fingerprint density at radius 2 is 1.64 bits per heavy atom. The third kappa shape index (κ3) is 4.72. The minimum absolute atomic E-state index is 0.120. The number of aryl methyl sites for hydroxylation is 1. The van der Waals surface area contributed by atoms with Crippen molar-refractivity contribution in [3.05, 3.63) is 89.5 Å². The number of anilines is 1. The molecular formula is C24H19F3N4O2. The van der Waals surface area contributed by atoms with Gasteiger partial charge in [0.1, 0.15) is 0 Å². The van der Waals surface area contributed by atoms with Crippen molar-refractivity contribution in [3.63, 3.8) is 0 Å². The summed E-state index contributed by atoms with van der Waals surface area (Å²) >= 11 is 0. The summed E-state index contributed by atoms with van der Waals surface area (Å²) < 4.78 is 45.0. The van der Waals surface area contributed by atoms with Crippen molar-refractivity contribution in [2.24, 2.45) is 0 Å². The van der Waals surface area contributed by atoms with E-state index in [2.05, 4.69) is 15.4 Å². The minimum Gasteiger partial charge on any atom is -0.466 e. The molecule has 1 N–H and O–H groups in total. The lowest BCUT2D eigenvalue weighted by molar-refractivity contribution is -0.137. The molecule has 4 aromatic rings. The predicted molar refractivity (Wildman–Crippen MR) is 117 cm³/mol. The van der Waals surface area contributed by atoms with Crippen molar-refractivity contribution in [2.75, 3.05) is 12.4 Å². The fraction of sp³-hybridized carbons (Fsp3) is 0.125. The predicted octanol–water partition coefficient (Wildman–Crippen LogP) is 5.52. The second-order valence-electron chi connectivity index (χ2n) is 7.22. The van der Waals surface area contributed by atoms with Gasteiger partial charge in [-0.05, 0) is 61.0 Å². The van der Waals surface area contributed by atoms with E-state index in [4.69, 9.17) is 4.74 Å². The maximum atomic E-state index is 12.7. The van der Waals surface area contributed by atoms with E-state index in [-0.39, 0.29) is 11.6 Å². The van der Waals surface area contributed by atoms with Gasteiger partial charge in [0.2, 0.25) is 0 Å². The van der Waals surface area contributed by atoms with Gasteiger partial charge < -0.3 is 10.1 Å². The third-order valence-electron chi connectivity index (χ3n) is 5.00. The van der Waals surface area contributed by atoms with Crippen LogP contribution in [0.3, 0.4) is 0 Å². The Bertz CT molecular complexity index is 1280. The molecule has 0 radical (unpaired) electrons. The molecule has 3 aromatic carbocycles. The van der Waals surface area contributed by atoms with E-state index in [0.717, 1.165) is 35.4 Å². The maximum Gasteiger partial charge on any atom is 0.416 e. The lowest BCUT2D eigenvalue weighted by Crippen LogP contribution is -2.13. The van der Waals surface area contributed by atoms with E-state index >= 15 is 0 Å². The lowest BCUT2D eigenvalue weighted by atomic mass is 10.1. The maximum absolute atomic E-state index is 12.7. The number of methoxy groups -OCH3 is 1. The summed E-state index contributed by atoms with van der Waals surface area (Å²) in [5.41, 5.74) is 2.40. The Hall–Kier alpha value is -4.14. The van der Waals surface area contributed by atoms with Crippen LogP contribution in [-0.4, -0.2) is 27.8 Å². The van der Waals surface area contributed by atoms with Gasteiger partial charge in [0.15, 0.2) is 5.82 Å². The van der Waals surface area contributed by atoms with E-state index in [0.29, 0.717) is 17.2 Å². The average Bonchev–Trinajstić information content (AvgIpc) is 3.24. The summed E-state index contributed by atoms with van der Waals surface area (Å²) in [5, 5.41) is 7.06. The molecule has 0 saturated carbocycles. The van der Waals surface area contributed by atoms with Crippen LogP contribution in [0, 0.1) is 6.92 Å².